The lowest BCUT2D eigenvalue weighted by Crippen LogP contribution is -2.04. The van der Waals surface area contributed by atoms with Crippen molar-refractivity contribution in [2.45, 2.75) is 6.92 Å². The molecule has 5 heteroatoms. The van der Waals surface area contributed by atoms with Crippen molar-refractivity contribution in [2.24, 2.45) is 0 Å². The van der Waals surface area contributed by atoms with Crippen LogP contribution >= 0.6 is 0 Å². The minimum Gasteiger partial charge on any atom is -0.461 e. The maximum Gasteiger partial charge on any atom is 0.236 e. The fraction of sp³-hybridized carbons (Fsp3) is 0.143. The van der Waals surface area contributed by atoms with Gasteiger partial charge >= 0.3 is 0 Å². The minimum absolute atomic E-state index is 0.149. The molecule has 0 unspecified atom stereocenters. The smallest absolute Gasteiger partial charge is 0.236 e. The zero-order valence-corrected chi connectivity index (χ0v) is 10.3. The summed E-state index contributed by atoms with van der Waals surface area (Å²) < 4.78 is 5.19. The van der Waals surface area contributed by atoms with Gasteiger partial charge in [0.15, 0.2) is 12.4 Å². The second kappa shape index (κ2) is 5.61. The molecule has 0 radical (unpaired) electrons. The Kier molecular flexibility index (Phi) is 3.70. The van der Waals surface area contributed by atoms with Crippen LogP contribution in [-0.2, 0) is 0 Å². The van der Waals surface area contributed by atoms with E-state index in [1.807, 2.05) is 42.5 Å². The highest BCUT2D eigenvalue weighted by molar-refractivity contribution is 5.57. The second-order valence-corrected chi connectivity index (χ2v) is 3.74. The molecule has 0 fully saturated rings. The molecule has 2 aromatic rings. The van der Waals surface area contributed by atoms with Crippen LogP contribution in [0, 0.1) is 29.6 Å². The molecule has 19 heavy (non-hydrogen) atoms. The van der Waals surface area contributed by atoms with Gasteiger partial charge in [-0.3, -0.25) is 0 Å². The monoisotopic (exact) mass is 250 g/mol. The summed E-state index contributed by atoms with van der Waals surface area (Å²) in [4.78, 5) is 8.49. The van der Waals surface area contributed by atoms with Gasteiger partial charge < -0.3 is 4.74 Å². The Morgan fingerprint density at radius 3 is 2.53 bits per heavy atom. The summed E-state index contributed by atoms with van der Waals surface area (Å²) >= 11 is 0. The van der Waals surface area contributed by atoms with Gasteiger partial charge in [0.25, 0.3) is 0 Å². The number of aromatic nitrogens is 2. The van der Waals surface area contributed by atoms with Gasteiger partial charge in [-0.15, -0.1) is 0 Å². The molecule has 0 aliphatic heterocycles. The third-order valence-electron chi connectivity index (χ3n) is 2.47. The van der Waals surface area contributed by atoms with Crippen LogP contribution in [-0.4, -0.2) is 16.6 Å². The molecule has 1 aromatic carbocycles. The van der Waals surface area contributed by atoms with Crippen molar-refractivity contribution in [3.63, 3.8) is 0 Å². The maximum absolute atomic E-state index is 9.07. The molecule has 92 valence electrons. The fourth-order valence-electron chi connectivity index (χ4n) is 1.60. The number of nitriles is 2. The van der Waals surface area contributed by atoms with E-state index in [9.17, 15) is 0 Å². The van der Waals surface area contributed by atoms with E-state index < -0.39 is 0 Å². The Hall–Kier alpha value is -2.92. The van der Waals surface area contributed by atoms with Gasteiger partial charge in [0.1, 0.15) is 17.7 Å². The molecular formula is C14H10N4O. The number of benzene rings is 1. The van der Waals surface area contributed by atoms with Crippen LogP contribution in [0.15, 0.2) is 30.3 Å². The van der Waals surface area contributed by atoms with Gasteiger partial charge in [0, 0.05) is 5.56 Å². The molecule has 0 saturated heterocycles. The zero-order valence-electron chi connectivity index (χ0n) is 10.3. The predicted molar refractivity (Wildman–Crippen MR) is 68.0 cm³/mol. The fourth-order valence-corrected chi connectivity index (χ4v) is 1.60. The van der Waals surface area contributed by atoms with E-state index in [0.717, 1.165) is 5.56 Å². The topological polar surface area (TPSA) is 82.6 Å². The minimum atomic E-state index is -0.153. The number of hydrogen-bond acceptors (Lipinski definition) is 5. The Morgan fingerprint density at radius 1 is 1.16 bits per heavy atom. The third-order valence-corrected chi connectivity index (χ3v) is 2.47. The summed E-state index contributed by atoms with van der Waals surface area (Å²) in [5.41, 5.74) is 1.62. The number of nitrogens with zero attached hydrogens (tertiary/aromatic N) is 4. The first kappa shape index (κ1) is 12.5. The van der Waals surface area contributed by atoms with Crippen LogP contribution in [0.4, 0.5) is 0 Å². The highest BCUT2D eigenvalue weighted by Gasteiger charge is 2.13. The van der Waals surface area contributed by atoms with Crippen LogP contribution in [0.5, 0.6) is 5.88 Å². The van der Waals surface area contributed by atoms with Crippen molar-refractivity contribution in [1.82, 2.24) is 9.97 Å². The molecule has 1 aromatic heterocycles. The summed E-state index contributed by atoms with van der Waals surface area (Å²) in [6.07, 6.45) is 0. The van der Waals surface area contributed by atoms with Crippen LogP contribution in [0.1, 0.15) is 11.3 Å². The molecule has 5 nitrogen and oxygen atoms in total. The number of aryl methyl sites for hydroxylation is 1. The standard InChI is InChI=1S/C14H10N4O/c1-10-12(9-16)14(19-8-7-15)18-13(17-10)11-5-3-2-4-6-11/h2-6H,8H2,1H3. The normalized spacial score (nSPS) is 9.42. The van der Waals surface area contributed by atoms with Crippen molar-refractivity contribution in [2.75, 3.05) is 6.61 Å². The highest BCUT2D eigenvalue weighted by atomic mass is 16.5. The van der Waals surface area contributed by atoms with E-state index in [1.54, 1.807) is 6.92 Å². The molecule has 0 N–H and O–H groups in total. The van der Waals surface area contributed by atoms with Gasteiger partial charge in [0.2, 0.25) is 5.88 Å². The summed E-state index contributed by atoms with van der Waals surface area (Å²) in [6, 6.07) is 13.2. The van der Waals surface area contributed by atoms with Crippen molar-refractivity contribution < 1.29 is 4.74 Å². The van der Waals surface area contributed by atoms with E-state index in [1.165, 1.54) is 0 Å². The van der Waals surface area contributed by atoms with Gasteiger partial charge in [-0.25, -0.2) is 4.98 Å². The average Bonchev–Trinajstić information content (AvgIpc) is 2.45. The van der Waals surface area contributed by atoms with E-state index in [4.69, 9.17) is 15.3 Å². The molecule has 0 spiro atoms. The van der Waals surface area contributed by atoms with Gasteiger partial charge in [-0.2, -0.15) is 15.5 Å². The molecular weight excluding hydrogens is 240 g/mol. The number of ether oxygens (including phenoxy) is 1. The lowest BCUT2D eigenvalue weighted by atomic mass is 10.2. The van der Waals surface area contributed by atoms with Crippen molar-refractivity contribution >= 4 is 0 Å². The molecule has 0 bridgehead atoms. The number of hydrogen-bond donors (Lipinski definition) is 0. The summed E-state index contributed by atoms with van der Waals surface area (Å²) in [6.45, 7) is 1.56. The Morgan fingerprint density at radius 2 is 1.89 bits per heavy atom. The van der Waals surface area contributed by atoms with Crippen LogP contribution in [0.3, 0.4) is 0 Å². The lowest BCUT2D eigenvalue weighted by molar-refractivity contribution is 0.351. The average molecular weight is 250 g/mol. The first-order chi connectivity index (χ1) is 9.26. The molecule has 0 aliphatic carbocycles. The van der Waals surface area contributed by atoms with Crippen molar-refractivity contribution in [3.8, 4) is 29.4 Å². The molecule has 0 amide bonds. The first-order valence-electron chi connectivity index (χ1n) is 5.60. The largest absolute Gasteiger partial charge is 0.461 e. The molecule has 1 heterocycles. The van der Waals surface area contributed by atoms with Crippen molar-refractivity contribution in [3.05, 3.63) is 41.6 Å². The highest BCUT2D eigenvalue weighted by Crippen LogP contribution is 2.23. The zero-order chi connectivity index (χ0) is 13.7. The molecule has 0 atom stereocenters. The Labute approximate surface area is 110 Å². The van der Waals surface area contributed by atoms with Crippen LogP contribution < -0.4 is 4.74 Å². The summed E-state index contributed by atoms with van der Waals surface area (Å²) in [5, 5.41) is 17.6. The number of rotatable bonds is 3. The maximum atomic E-state index is 9.07. The Bertz CT molecular complexity index is 668. The molecule has 2 rings (SSSR count). The lowest BCUT2D eigenvalue weighted by Gasteiger charge is -2.08. The van der Waals surface area contributed by atoms with Gasteiger partial charge in [0.05, 0.1) is 5.69 Å². The van der Waals surface area contributed by atoms with E-state index in [-0.39, 0.29) is 18.1 Å². The third kappa shape index (κ3) is 2.67. The first-order valence-corrected chi connectivity index (χ1v) is 5.60. The van der Waals surface area contributed by atoms with Crippen molar-refractivity contribution in [1.29, 1.82) is 10.5 Å². The van der Waals surface area contributed by atoms with E-state index in [2.05, 4.69) is 9.97 Å². The van der Waals surface area contributed by atoms with E-state index in [0.29, 0.717) is 11.5 Å². The summed E-state index contributed by atoms with van der Waals surface area (Å²) in [7, 11) is 0. The molecule has 0 aliphatic rings. The SMILES string of the molecule is Cc1nc(-c2ccccc2)nc(OCC#N)c1C#N. The predicted octanol–water partition coefficient (Wildman–Crippen LogP) is 2.23. The van der Waals surface area contributed by atoms with Crippen LogP contribution in [0.25, 0.3) is 11.4 Å². The van der Waals surface area contributed by atoms with Crippen LogP contribution in [0.2, 0.25) is 0 Å². The van der Waals surface area contributed by atoms with Gasteiger partial charge in [-0.05, 0) is 6.92 Å². The Balaban J connectivity index is 2.52. The summed E-state index contributed by atoms with van der Waals surface area (Å²) in [5.74, 6) is 0.625. The second-order valence-electron chi connectivity index (χ2n) is 3.74. The molecule has 0 saturated carbocycles. The van der Waals surface area contributed by atoms with E-state index >= 15 is 0 Å². The van der Waals surface area contributed by atoms with Gasteiger partial charge in [-0.1, -0.05) is 30.3 Å². The quantitative estimate of drug-likeness (QED) is 0.834.